The Kier molecular flexibility index (Phi) is 3.70. The number of carboxylic acid groups (broad SMARTS) is 1. The van der Waals surface area contributed by atoms with Gasteiger partial charge < -0.3 is 9.52 Å². The van der Waals surface area contributed by atoms with Crippen LogP contribution < -0.4 is 0 Å². The van der Waals surface area contributed by atoms with E-state index in [0.717, 1.165) is 6.07 Å². The van der Waals surface area contributed by atoms with Crippen LogP contribution in [0.3, 0.4) is 0 Å². The molecule has 0 bridgehead atoms. The zero-order valence-electron chi connectivity index (χ0n) is 9.85. The number of fused-ring (bicyclic) bond motifs is 1. The highest BCUT2D eigenvalue weighted by Crippen LogP contribution is 2.27. The Labute approximate surface area is 117 Å². The summed E-state index contributed by atoms with van der Waals surface area (Å²) >= 11 is 3.53. The molecule has 0 radical (unpaired) electrons. The number of thiol groups is 1. The summed E-state index contributed by atoms with van der Waals surface area (Å²) in [5, 5.41) is 19.1. The number of nitro groups is 1. The minimum atomic E-state index is -1.28. The molecule has 1 unspecified atom stereocenters. The molecule has 1 aromatic heterocycles. The Morgan fingerprint density at radius 3 is 2.75 bits per heavy atom. The van der Waals surface area contributed by atoms with Crippen molar-refractivity contribution in [3.8, 4) is 0 Å². The highest BCUT2D eigenvalue weighted by molar-refractivity contribution is 7.96. The maximum absolute atomic E-state index is 11.1. The third kappa shape index (κ3) is 2.77. The monoisotopic (exact) mass is 296 g/mol. The van der Waals surface area contributed by atoms with E-state index < -0.39 is 21.9 Å². The normalized spacial score (nSPS) is 12.2. The maximum atomic E-state index is 11.1. The van der Waals surface area contributed by atoms with E-state index in [2.05, 4.69) is 17.6 Å². The summed E-state index contributed by atoms with van der Waals surface area (Å²) in [7, 11) is 0. The van der Waals surface area contributed by atoms with Crippen LogP contribution in [0.4, 0.5) is 5.69 Å². The van der Waals surface area contributed by atoms with Gasteiger partial charge in [-0.2, -0.15) is 0 Å². The lowest BCUT2D eigenvalue weighted by molar-refractivity contribution is -0.384. The summed E-state index contributed by atoms with van der Waals surface area (Å²) in [6.07, 6.45) is -0.382. The second-order valence-corrected chi connectivity index (χ2v) is 4.45. The van der Waals surface area contributed by atoms with Gasteiger partial charge in [-0.1, -0.05) is 0 Å². The van der Waals surface area contributed by atoms with E-state index in [1.165, 1.54) is 12.1 Å². The average Bonchev–Trinajstić information content (AvgIpc) is 2.77. The Morgan fingerprint density at radius 1 is 1.50 bits per heavy atom. The zero-order valence-corrected chi connectivity index (χ0v) is 10.7. The van der Waals surface area contributed by atoms with E-state index in [9.17, 15) is 19.7 Å². The first kappa shape index (κ1) is 14.0. The SMILES string of the molecule is O=C(S)CC(C(=O)O)c1nc2ccc([N+](=O)[O-])cc2o1. The summed E-state index contributed by atoms with van der Waals surface area (Å²) in [4.78, 5) is 36.0. The number of hydrogen-bond acceptors (Lipinski definition) is 6. The van der Waals surface area contributed by atoms with Gasteiger partial charge in [-0.3, -0.25) is 19.7 Å². The first-order chi connectivity index (χ1) is 9.38. The molecule has 0 saturated heterocycles. The molecule has 0 fully saturated rings. The number of carboxylic acids is 1. The molecule has 2 rings (SSSR count). The van der Waals surface area contributed by atoms with Gasteiger partial charge >= 0.3 is 5.97 Å². The van der Waals surface area contributed by atoms with E-state index in [1.54, 1.807) is 0 Å². The highest BCUT2D eigenvalue weighted by atomic mass is 32.1. The van der Waals surface area contributed by atoms with Crippen LogP contribution in [0, 0.1) is 10.1 Å². The lowest BCUT2D eigenvalue weighted by atomic mass is 10.1. The number of nitrogens with zero attached hydrogens (tertiary/aromatic N) is 2. The molecule has 0 aliphatic heterocycles. The van der Waals surface area contributed by atoms with Crippen LogP contribution in [0.25, 0.3) is 11.1 Å². The van der Waals surface area contributed by atoms with Crippen LogP contribution in [0.5, 0.6) is 0 Å². The van der Waals surface area contributed by atoms with E-state index in [1.807, 2.05) is 0 Å². The molecule has 1 atom stereocenters. The average molecular weight is 296 g/mol. The lowest BCUT2D eigenvalue weighted by Gasteiger charge is -2.04. The van der Waals surface area contributed by atoms with E-state index in [-0.39, 0.29) is 29.1 Å². The molecular weight excluding hydrogens is 288 g/mol. The highest BCUT2D eigenvalue weighted by Gasteiger charge is 2.27. The molecule has 2 aromatic rings. The lowest BCUT2D eigenvalue weighted by Crippen LogP contribution is -2.14. The summed E-state index contributed by atoms with van der Waals surface area (Å²) in [5.41, 5.74) is 0.174. The number of non-ortho nitro benzene ring substituents is 1. The summed E-state index contributed by atoms with van der Waals surface area (Å²) in [5.74, 6) is -2.74. The van der Waals surface area contributed by atoms with Gasteiger partial charge in [-0.05, 0) is 6.07 Å². The number of benzene rings is 1. The fourth-order valence-corrected chi connectivity index (χ4v) is 1.83. The van der Waals surface area contributed by atoms with Crippen molar-refractivity contribution in [2.75, 3.05) is 0 Å². The minimum Gasteiger partial charge on any atom is -0.481 e. The van der Waals surface area contributed by atoms with E-state index in [0.29, 0.717) is 0 Å². The quantitative estimate of drug-likeness (QED) is 0.489. The summed E-state index contributed by atoms with van der Waals surface area (Å²) in [6, 6.07) is 3.73. The molecule has 0 aliphatic carbocycles. The van der Waals surface area contributed by atoms with Crippen LogP contribution in [-0.4, -0.2) is 26.1 Å². The molecule has 9 heteroatoms. The van der Waals surface area contributed by atoms with Crippen molar-refractivity contribution in [1.29, 1.82) is 0 Å². The molecule has 1 heterocycles. The fourth-order valence-electron chi connectivity index (χ4n) is 1.65. The second-order valence-electron chi connectivity index (χ2n) is 3.95. The second kappa shape index (κ2) is 5.29. The van der Waals surface area contributed by atoms with Crippen molar-refractivity contribution < 1.29 is 24.0 Å². The van der Waals surface area contributed by atoms with Crippen molar-refractivity contribution in [3.63, 3.8) is 0 Å². The molecule has 0 amide bonds. The van der Waals surface area contributed by atoms with Crippen LogP contribution in [0.15, 0.2) is 22.6 Å². The zero-order chi connectivity index (χ0) is 14.9. The number of carbonyl (C=O) groups excluding carboxylic acids is 1. The standard InChI is InChI=1S/C11H8N2O6S/c14-9(20)4-6(11(15)16)10-12-7-2-1-5(13(17)18)3-8(7)19-10/h1-3,6H,4H2,(H,14,20)(H,15,16). The number of hydrogen-bond donors (Lipinski definition) is 2. The fraction of sp³-hybridized carbons (Fsp3) is 0.182. The first-order valence-electron chi connectivity index (χ1n) is 5.38. The van der Waals surface area contributed by atoms with Crippen molar-refractivity contribution in [3.05, 3.63) is 34.2 Å². The predicted molar refractivity (Wildman–Crippen MR) is 69.7 cm³/mol. The molecule has 1 aromatic carbocycles. The van der Waals surface area contributed by atoms with Gasteiger partial charge in [0.05, 0.1) is 11.0 Å². The Balaban J connectivity index is 2.46. The number of aliphatic carboxylic acids is 1. The van der Waals surface area contributed by atoms with E-state index in [4.69, 9.17) is 9.52 Å². The predicted octanol–water partition coefficient (Wildman–Crippen LogP) is 1.75. The summed E-state index contributed by atoms with van der Waals surface area (Å²) in [6.45, 7) is 0. The van der Waals surface area contributed by atoms with Crippen molar-refractivity contribution >= 4 is 40.5 Å². The molecule has 8 nitrogen and oxygen atoms in total. The van der Waals surface area contributed by atoms with Gasteiger partial charge in [-0.25, -0.2) is 4.98 Å². The van der Waals surface area contributed by atoms with E-state index >= 15 is 0 Å². The van der Waals surface area contributed by atoms with Gasteiger partial charge in [0.2, 0.25) is 5.89 Å². The Morgan fingerprint density at radius 2 is 2.20 bits per heavy atom. The minimum absolute atomic E-state index is 0.0899. The van der Waals surface area contributed by atoms with Crippen LogP contribution in [-0.2, 0) is 9.59 Å². The van der Waals surface area contributed by atoms with Crippen molar-refractivity contribution in [2.45, 2.75) is 12.3 Å². The number of rotatable bonds is 5. The third-order valence-corrected chi connectivity index (χ3v) is 2.76. The summed E-state index contributed by atoms with van der Waals surface area (Å²) < 4.78 is 5.20. The Hall–Kier alpha value is -2.42. The van der Waals surface area contributed by atoms with Crippen LogP contribution in [0.1, 0.15) is 18.2 Å². The van der Waals surface area contributed by atoms with Gasteiger partial charge in [0.1, 0.15) is 11.4 Å². The maximum Gasteiger partial charge on any atom is 0.316 e. The number of aromatic nitrogens is 1. The molecule has 104 valence electrons. The van der Waals surface area contributed by atoms with Crippen molar-refractivity contribution in [1.82, 2.24) is 4.98 Å². The Bertz CT molecular complexity index is 710. The smallest absolute Gasteiger partial charge is 0.316 e. The number of nitro benzene ring substituents is 1. The number of oxazole rings is 1. The molecule has 1 N–H and O–H groups in total. The molecular formula is C11H8N2O6S. The molecule has 0 aliphatic rings. The first-order valence-corrected chi connectivity index (χ1v) is 5.82. The van der Waals surface area contributed by atoms with Gasteiger partial charge in [0.25, 0.3) is 5.69 Å². The molecule has 20 heavy (non-hydrogen) atoms. The van der Waals surface area contributed by atoms with Crippen LogP contribution in [0.2, 0.25) is 0 Å². The van der Waals surface area contributed by atoms with Gasteiger partial charge in [0.15, 0.2) is 10.7 Å². The van der Waals surface area contributed by atoms with Crippen LogP contribution >= 0.6 is 12.6 Å². The molecule has 0 saturated carbocycles. The largest absolute Gasteiger partial charge is 0.481 e. The topological polar surface area (TPSA) is 124 Å². The van der Waals surface area contributed by atoms with Gasteiger partial charge in [-0.15, -0.1) is 12.6 Å². The third-order valence-electron chi connectivity index (χ3n) is 2.57. The molecule has 0 spiro atoms. The van der Waals surface area contributed by atoms with Crippen molar-refractivity contribution in [2.24, 2.45) is 0 Å². The van der Waals surface area contributed by atoms with Gasteiger partial charge in [0, 0.05) is 12.5 Å². The number of carbonyl (C=O) groups is 2.